The van der Waals surface area contributed by atoms with Crippen LogP contribution in [0.5, 0.6) is 0 Å². The van der Waals surface area contributed by atoms with E-state index in [0.717, 1.165) is 31.6 Å². The van der Waals surface area contributed by atoms with E-state index in [1.54, 1.807) is 7.11 Å². The molecule has 114 valence electrons. The molecule has 3 unspecified atom stereocenters. The van der Waals surface area contributed by atoms with E-state index in [9.17, 15) is 5.11 Å². The van der Waals surface area contributed by atoms with Crippen molar-refractivity contribution in [1.29, 1.82) is 0 Å². The fourth-order valence-electron chi connectivity index (χ4n) is 2.20. The van der Waals surface area contributed by atoms with Crippen LogP contribution in [0.3, 0.4) is 0 Å². The van der Waals surface area contributed by atoms with Crippen LogP contribution in [0.4, 0.5) is 0 Å². The molecule has 0 amide bonds. The molecule has 0 heterocycles. The standard InChI is InChI=1S/C17H29NO2/c1-5-13(2)15-7-9-16(10-8-15)17(19)14(3)18-11-6-12-20-4/h7-10,13-14,17-19H,5-6,11-12H2,1-4H3. The topological polar surface area (TPSA) is 41.5 Å². The Hall–Kier alpha value is -0.900. The summed E-state index contributed by atoms with van der Waals surface area (Å²) >= 11 is 0. The second kappa shape index (κ2) is 9.11. The maximum atomic E-state index is 10.3. The molecule has 3 nitrogen and oxygen atoms in total. The summed E-state index contributed by atoms with van der Waals surface area (Å²) in [5.41, 5.74) is 2.31. The van der Waals surface area contributed by atoms with Gasteiger partial charge in [-0.2, -0.15) is 0 Å². The number of methoxy groups -OCH3 is 1. The highest BCUT2D eigenvalue weighted by molar-refractivity contribution is 5.27. The lowest BCUT2D eigenvalue weighted by Crippen LogP contribution is -2.33. The molecule has 3 heteroatoms. The van der Waals surface area contributed by atoms with E-state index in [1.165, 1.54) is 5.56 Å². The van der Waals surface area contributed by atoms with Crippen LogP contribution in [0.25, 0.3) is 0 Å². The smallest absolute Gasteiger partial charge is 0.0940 e. The molecule has 0 saturated heterocycles. The van der Waals surface area contributed by atoms with Crippen molar-refractivity contribution >= 4 is 0 Å². The molecule has 20 heavy (non-hydrogen) atoms. The summed E-state index contributed by atoms with van der Waals surface area (Å²) in [5, 5.41) is 13.7. The summed E-state index contributed by atoms with van der Waals surface area (Å²) in [6.07, 6.45) is 1.63. The normalized spacial score (nSPS) is 15.8. The minimum Gasteiger partial charge on any atom is -0.387 e. The van der Waals surface area contributed by atoms with Gasteiger partial charge in [0.05, 0.1) is 6.10 Å². The largest absolute Gasteiger partial charge is 0.387 e. The van der Waals surface area contributed by atoms with Crippen molar-refractivity contribution in [3.63, 3.8) is 0 Å². The Balaban J connectivity index is 2.51. The van der Waals surface area contributed by atoms with E-state index < -0.39 is 6.10 Å². The Morgan fingerprint density at radius 1 is 1.15 bits per heavy atom. The Morgan fingerprint density at radius 3 is 2.30 bits per heavy atom. The zero-order chi connectivity index (χ0) is 15.0. The molecule has 0 aromatic heterocycles. The molecule has 1 aromatic rings. The Kier molecular flexibility index (Phi) is 7.82. The molecule has 0 bridgehead atoms. The summed E-state index contributed by atoms with van der Waals surface area (Å²) in [6.45, 7) is 8.04. The third kappa shape index (κ3) is 5.23. The molecule has 0 fully saturated rings. The molecule has 0 radical (unpaired) electrons. The average molecular weight is 279 g/mol. The first kappa shape index (κ1) is 17.2. The van der Waals surface area contributed by atoms with Crippen molar-refractivity contribution in [1.82, 2.24) is 5.32 Å². The van der Waals surface area contributed by atoms with E-state index in [-0.39, 0.29) is 6.04 Å². The Labute approximate surface area is 123 Å². The summed E-state index contributed by atoms with van der Waals surface area (Å²) in [7, 11) is 1.71. The molecule has 0 saturated carbocycles. The third-order valence-corrected chi connectivity index (χ3v) is 3.92. The number of aliphatic hydroxyl groups is 1. The van der Waals surface area contributed by atoms with Gasteiger partial charge in [0.15, 0.2) is 0 Å². The first-order valence-electron chi connectivity index (χ1n) is 7.60. The molecular formula is C17H29NO2. The monoisotopic (exact) mass is 279 g/mol. The lowest BCUT2D eigenvalue weighted by atomic mass is 9.95. The molecule has 1 rings (SSSR count). The molecule has 1 aromatic carbocycles. The minimum absolute atomic E-state index is 0.0429. The van der Waals surface area contributed by atoms with Crippen LogP contribution < -0.4 is 5.32 Å². The van der Waals surface area contributed by atoms with E-state index in [1.807, 2.05) is 19.1 Å². The SMILES string of the molecule is CCC(C)c1ccc(C(O)C(C)NCCCOC)cc1. The van der Waals surface area contributed by atoms with E-state index >= 15 is 0 Å². The first-order chi connectivity index (χ1) is 9.60. The molecule has 2 N–H and O–H groups in total. The second-order valence-corrected chi connectivity index (χ2v) is 5.51. The van der Waals surface area contributed by atoms with Gasteiger partial charge in [0.2, 0.25) is 0 Å². The van der Waals surface area contributed by atoms with Crippen LogP contribution in [-0.2, 0) is 4.74 Å². The number of nitrogens with one attached hydrogen (secondary N) is 1. The van der Waals surface area contributed by atoms with Crippen LogP contribution in [0, 0.1) is 0 Å². The fraction of sp³-hybridized carbons (Fsp3) is 0.647. The average Bonchev–Trinajstić information content (AvgIpc) is 2.50. The second-order valence-electron chi connectivity index (χ2n) is 5.51. The van der Waals surface area contributed by atoms with Crippen LogP contribution in [0.15, 0.2) is 24.3 Å². The van der Waals surface area contributed by atoms with Crippen LogP contribution in [0.1, 0.15) is 56.8 Å². The van der Waals surface area contributed by atoms with Crippen LogP contribution >= 0.6 is 0 Å². The van der Waals surface area contributed by atoms with E-state index in [2.05, 4.69) is 31.3 Å². The van der Waals surface area contributed by atoms with Crippen molar-refractivity contribution in [2.24, 2.45) is 0 Å². The number of benzene rings is 1. The van der Waals surface area contributed by atoms with Gasteiger partial charge in [-0.3, -0.25) is 0 Å². The maximum absolute atomic E-state index is 10.3. The van der Waals surface area contributed by atoms with Gasteiger partial charge in [-0.1, -0.05) is 38.1 Å². The van der Waals surface area contributed by atoms with Crippen LogP contribution in [0.2, 0.25) is 0 Å². The zero-order valence-electron chi connectivity index (χ0n) is 13.2. The first-order valence-corrected chi connectivity index (χ1v) is 7.60. The number of hydrogen-bond acceptors (Lipinski definition) is 3. The summed E-state index contributed by atoms with van der Waals surface area (Å²) in [6, 6.07) is 8.38. The molecule has 0 aliphatic carbocycles. The highest BCUT2D eigenvalue weighted by Crippen LogP contribution is 2.22. The molecular weight excluding hydrogens is 250 g/mol. The van der Waals surface area contributed by atoms with Crippen molar-refractivity contribution in [2.45, 2.75) is 51.7 Å². The van der Waals surface area contributed by atoms with Crippen molar-refractivity contribution in [2.75, 3.05) is 20.3 Å². The number of hydrogen-bond donors (Lipinski definition) is 2. The van der Waals surface area contributed by atoms with Crippen LogP contribution in [-0.4, -0.2) is 31.4 Å². The molecule has 0 spiro atoms. The van der Waals surface area contributed by atoms with Gasteiger partial charge in [-0.05, 0) is 43.4 Å². The zero-order valence-corrected chi connectivity index (χ0v) is 13.2. The predicted molar refractivity (Wildman–Crippen MR) is 84.1 cm³/mol. The predicted octanol–water partition coefficient (Wildman–Crippen LogP) is 3.25. The summed E-state index contributed by atoms with van der Waals surface area (Å²) < 4.78 is 5.01. The highest BCUT2D eigenvalue weighted by atomic mass is 16.5. The number of ether oxygens (including phenoxy) is 1. The maximum Gasteiger partial charge on any atom is 0.0940 e. The highest BCUT2D eigenvalue weighted by Gasteiger charge is 2.15. The van der Waals surface area contributed by atoms with Crippen molar-refractivity contribution in [3.05, 3.63) is 35.4 Å². The summed E-state index contributed by atoms with van der Waals surface area (Å²) in [5.74, 6) is 0.575. The quantitative estimate of drug-likeness (QED) is 0.682. The van der Waals surface area contributed by atoms with E-state index in [0.29, 0.717) is 5.92 Å². The van der Waals surface area contributed by atoms with Gasteiger partial charge < -0.3 is 15.2 Å². The fourth-order valence-corrected chi connectivity index (χ4v) is 2.20. The van der Waals surface area contributed by atoms with Crippen molar-refractivity contribution < 1.29 is 9.84 Å². The summed E-state index contributed by atoms with van der Waals surface area (Å²) in [4.78, 5) is 0. The van der Waals surface area contributed by atoms with Gasteiger partial charge in [0.1, 0.15) is 0 Å². The molecule has 0 aliphatic heterocycles. The minimum atomic E-state index is -0.469. The van der Waals surface area contributed by atoms with Gasteiger partial charge in [0, 0.05) is 19.8 Å². The lowest BCUT2D eigenvalue weighted by molar-refractivity contribution is 0.132. The van der Waals surface area contributed by atoms with Gasteiger partial charge >= 0.3 is 0 Å². The van der Waals surface area contributed by atoms with Crippen molar-refractivity contribution in [3.8, 4) is 0 Å². The lowest BCUT2D eigenvalue weighted by Gasteiger charge is -2.21. The van der Waals surface area contributed by atoms with Gasteiger partial charge in [0.25, 0.3) is 0 Å². The molecule has 0 aliphatic rings. The van der Waals surface area contributed by atoms with Gasteiger partial charge in [-0.25, -0.2) is 0 Å². The number of aliphatic hydroxyl groups excluding tert-OH is 1. The Bertz CT molecular complexity index is 364. The van der Waals surface area contributed by atoms with E-state index in [4.69, 9.17) is 4.74 Å². The third-order valence-electron chi connectivity index (χ3n) is 3.92. The molecule has 3 atom stereocenters. The number of rotatable bonds is 9. The Morgan fingerprint density at radius 2 is 1.75 bits per heavy atom. The van der Waals surface area contributed by atoms with Gasteiger partial charge in [-0.15, -0.1) is 0 Å².